The Morgan fingerprint density at radius 1 is 1.11 bits per heavy atom. The molecule has 2 N–H and O–H groups in total. The number of hydrogen-bond donors (Lipinski definition) is 2. The van der Waals surface area contributed by atoms with Gasteiger partial charge in [-0.3, -0.25) is 19.7 Å². The van der Waals surface area contributed by atoms with Gasteiger partial charge in [-0.25, -0.2) is 0 Å². The molecule has 0 saturated heterocycles. The van der Waals surface area contributed by atoms with Crippen molar-refractivity contribution in [2.45, 2.75) is 6.18 Å². The number of para-hydroxylation sites is 1. The van der Waals surface area contributed by atoms with Gasteiger partial charge in [0.25, 0.3) is 11.6 Å². The van der Waals surface area contributed by atoms with E-state index in [2.05, 4.69) is 5.32 Å². The predicted octanol–water partition coefficient (Wildman–Crippen LogP) is 3.54. The second kappa shape index (κ2) is 8.80. The zero-order valence-electron chi connectivity index (χ0n) is 14.2. The highest BCUT2D eigenvalue weighted by molar-refractivity contribution is 6.07. The Bertz CT molecular complexity index is 926. The molecule has 28 heavy (non-hydrogen) atoms. The number of anilines is 1. The second-order valence-corrected chi connectivity index (χ2v) is 5.52. The summed E-state index contributed by atoms with van der Waals surface area (Å²) in [5.74, 6) is -1.65. The number of nitro benzene ring substituents is 1. The summed E-state index contributed by atoms with van der Waals surface area (Å²) in [4.78, 5) is 34.1. The van der Waals surface area contributed by atoms with Crippen LogP contribution in [0.3, 0.4) is 0 Å². The van der Waals surface area contributed by atoms with Crippen LogP contribution in [0.15, 0.2) is 54.6 Å². The summed E-state index contributed by atoms with van der Waals surface area (Å²) < 4.78 is 36.7. The minimum Gasteiger partial charge on any atom is -0.343 e. The Kier molecular flexibility index (Phi) is 6.48. The average molecular weight is 393 g/mol. The van der Waals surface area contributed by atoms with Crippen molar-refractivity contribution in [2.24, 2.45) is 0 Å². The number of non-ortho nitro benzene ring substituents is 1. The van der Waals surface area contributed by atoms with E-state index in [9.17, 15) is 32.9 Å². The molecule has 0 radical (unpaired) electrons. The van der Waals surface area contributed by atoms with Gasteiger partial charge in [-0.1, -0.05) is 24.3 Å². The van der Waals surface area contributed by atoms with Crippen LogP contribution in [-0.2, 0) is 4.79 Å². The summed E-state index contributed by atoms with van der Waals surface area (Å²) in [6.45, 7) is -1.50. The van der Waals surface area contributed by atoms with E-state index in [0.29, 0.717) is 5.56 Å². The highest BCUT2D eigenvalue weighted by atomic mass is 19.4. The predicted molar refractivity (Wildman–Crippen MR) is 95.6 cm³/mol. The number of nitro groups is 1. The largest absolute Gasteiger partial charge is 0.405 e. The lowest BCUT2D eigenvalue weighted by molar-refractivity contribution is -0.384. The zero-order valence-corrected chi connectivity index (χ0v) is 14.2. The number of halogens is 3. The fraction of sp³-hybridized carbons (Fsp3) is 0.111. The molecular formula is C18H14F3N3O4. The fourth-order valence-corrected chi connectivity index (χ4v) is 2.15. The molecule has 0 heterocycles. The molecule has 2 rings (SSSR count). The molecule has 0 unspecified atom stereocenters. The van der Waals surface area contributed by atoms with Gasteiger partial charge in [-0.05, 0) is 23.8 Å². The van der Waals surface area contributed by atoms with Crippen molar-refractivity contribution < 1.29 is 27.7 Å². The maximum atomic E-state index is 12.2. The maximum absolute atomic E-state index is 12.2. The van der Waals surface area contributed by atoms with Crippen LogP contribution in [0.2, 0.25) is 0 Å². The molecule has 7 nitrogen and oxygen atoms in total. The van der Waals surface area contributed by atoms with Crippen molar-refractivity contribution in [3.63, 3.8) is 0 Å². The van der Waals surface area contributed by atoms with Gasteiger partial charge in [0.1, 0.15) is 6.54 Å². The molecule has 0 aliphatic carbocycles. The van der Waals surface area contributed by atoms with Gasteiger partial charge in [0.15, 0.2) is 0 Å². The van der Waals surface area contributed by atoms with E-state index < -0.39 is 29.5 Å². The number of alkyl halides is 3. The van der Waals surface area contributed by atoms with Crippen molar-refractivity contribution in [1.82, 2.24) is 5.32 Å². The summed E-state index contributed by atoms with van der Waals surface area (Å²) in [6.07, 6.45) is -2.15. The molecule has 0 aliphatic rings. The summed E-state index contributed by atoms with van der Waals surface area (Å²) in [5, 5.41) is 14.9. The monoisotopic (exact) mass is 393 g/mol. The molecule has 2 amide bonds. The van der Waals surface area contributed by atoms with Gasteiger partial charge < -0.3 is 10.6 Å². The molecular weight excluding hydrogens is 379 g/mol. The Morgan fingerprint density at radius 2 is 1.82 bits per heavy atom. The van der Waals surface area contributed by atoms with Crippen molar-refractivity contribution in [3.05, 3.63) is 75.8 Å². The van der Waals surface area contributed by atoms with E-state index in [1.807, 2.05) is 0 Å². The van der Waals surface area contributed by atoms with E-state index in [4.69, 9.17) is 0 Å². The number of nitrogens with one attached hydrogen (secondary N) is 2. The first-order valence-electron chi connectivity index (χ1n) is 7.83. The first-order valence-corrected chi connectivity index (χ1v) is 7.83. The number of hydrogen-bond acceptors (Lipinski definition) is 4. The van der Waals surface area contributed by atoms with Crippen LogP contribution in [0, 0.1) is 10.1 Å². The summed E-state index contributed by atoms with van der Waals surface area (Å²) in [6, 6.07) is 11.1. The van der Waals surface area contributed by atoms with Crippen molar-refractivity contribution in [2.75, 3.05) is 11.9 Å². The maximum Gasteiger partial charge on any atom is 0.405 e. The van der Waals surface area contributed by atoms with Crippen molar-refractivity contribution in [1.29, 1.82) is 0 Å². The van der Waals surface area contributed by atoms with Crippen molar-refractivity contribution >= 4 is 29.3 Å². The van der Waals surface area contributed by atoms with E-state index >= 15 is 0 Å². The van der Waals surface area contributed by atoms with E-state index in [0.717, 1.165) is 6.08 Å². The number of amides is 2. The third-order valence-electron chi connectivity index (χ3n) is 3.39. The molecule has 146 valence electrons. The molecule has 0 aromatic heterocycles. The molecule has 0 bridgehead atoms. The second-order valence-electron chi connectivity index (χ2n) is 5.52. The van der Waals surface area contributed by atoms with Gasteiger partial charge in [0.05, 0.1) is 16.2 Å². The van der Waals surface area contributed by atoms with Gasteiger partial charge >= 0.3 is 6.18 Å². The smallest absolute Gasteiger partial charge is 0.343 e. The number of benzene rings is 2. The van der Waals surface area contributed by atoms with E-state index in [1.54, 1.807) is 11.4 Å². The molecule has 0 atom stereocenters. The Labute approximate surface area is 157 Å². The zero-order chi connectivity index (χ0) is 20.7. The number of carbonyl (C=O) groups excluding carboxylic acids is 2. The Hall–Kier alpha value is -3.69. The third kappa shape index (κ3) is 6.24. The molecule has 2 aromatic carbocycles. The van der Waals surface area contributed by atoms with Crippen LogP contribution >= 0.6 is 0 Å². The minimum atomic E-state index is -4.56. The highest BCUT2D eigenvalue weighted by Crippen LogP contribution is 2.18. The van der Waals surface area contributed by atoms with E-state index in [-0.39, 0.29) is 16.9 Å². The van der Waals surface area contributed by atoms with Crippen LogP contribution in [-0.4, -0.2) is 29.5 Å². The first kappa shape index (κ1) is 20.6. The quantitative estimate of drug-likeness (QED) is 0.445. The lowest BCUT2D eigenvalue weighted by Crippen LogP contribution is -2.34. The minimum absolute atomic E-state index is 0.0240. The first-order chi connectivity index (χ1) is 13.2. The normalized spacial score (nSPS) is 11.2. The van der Waals surface area contributed by atoms with Crippen LogP contribution < -0.4 is 10.6 Å². The third-order valence-corrected chi connectivity index (χ3v) is 3.39. The number of rotatable bonds is 6. The topological polar surface area (TPSA) is 101 Å². The summed E-state index contributed by atoms with van der Waals surface area (Å²) in [5.41, 5.74) is 0.148. The summed E-state index contributed by atoms with van der Waals surface area (Å²) in [7, 11) is 0. The molecule has 0 aliphatic heterocycles. The van der Waals surface area contributed by atoms with Gasteiger partial charge in [0.2, 0.25) is 5.91 Å². The lowest BCUT2D eigenvalue weighted by Gasteiger charge is -2.11. The lowest BCUT2D eigenvalue weighted by atomic mass is 10.1. The Balaban J connectivity index is 2.09. The van der Waals surface area contributed by atoms with Gasteiger partial charge in [-0.2, -0.15) is 13.2 Å². The SMILES string of the molecule is O=C(/C=C/c1cccc([N+](=O)[O-])c1)Nc1ccccc1C(=O)NCC(F)(F)F. The molecule has 0 saturated carbocycles. The van der Waals surface area contributed by atoms with E-state index in [1.165, 1.54) is 48.5 Å². The molecule has 2 aromatic rings. The standard InChI is InChI=1S/C18H14F3N3O4/c19-18(20,21)11-22-17(26)14-6-1-2-7-15(14)23-16(25)9-8-12-4-3-5-13(10-12)24(27)28/h1-10H,11H2,(H,22,26)(H,23,25)/b9-8+. The van der Waals surface area contributed by atoms with Crippen LogP contribution in [0.1, 0.15) is 15.9 Å². The molecule has 0 fully saturated rings. The van der Waals surface area contributed by atoms with Crippen LogP contribution in [0.5, 0.6) is 0 Å². The molecule has 10 heteroatoms. The van der Waals surface area contributed by atoms with Crippen LogP contribution in [0.25, 0.3) is 6.08 Å². The van der Waals surface area contributed by atoms with Crippen LogP contribution in [0.4, 0.5) is 24.5 Å². The van der Waals surface area contributed by atoms with Gasteiger partial charge in [-0.15, -0.1) is 0 Å². The average Bonchev–Trinajstić information content (AvgIpc) is 2.64. The summed E-state index contributed by atoms with van der Waals surface area (Å²) >= 11 is 0. The highest BCUT2D eigenvalue weighted by Gasteiger charge is 2.28. The Morgan fingerprint density at radius 3 is 2.50 bits per heavy atom. The molecule has 0 spiro atoms. The van der Waals surface area contributed by atoms with Crippen molar-refractivity contribution in [3.8, 4) is 0 Å². The fourth-order valence-electron chi connectivity index (χ4n) is 2.15. The number of nitrogens with zero attached hydrogens (tertiary/aromatic N) is 1. The van der Waals surface area contributed by atoms with Gasteiger partial charge in [0, 0.05) is 18.2 Å². The number of carbonyl (C=O) groups is 2.